The first-order valence-electron chi connectivity index (χ1n) is 15.5. The van der Waals surface area contributed by atoms with E-state index < -0.39 is 5.97 Å². The van der Waals surface area contributed by atoms with Crippen molar-refractivity contribution in [1.29, 1.82) is 0 Å². The number of allylic oxidation sites excluding steroid dienone is 2. The molecule has 200 valence electrons. The van der Waals surface area contributed by atoms with E-state index in [0.717, 1.165) is 67.6 Å². The van der Waals surface area contributed by atoms with E-state index in [0.29, 0.717) is 16.7 Å². The quantitative estimate of drug-likeness (QED) is 0.313. The molecule has 0 bridgehead atoms. The lowest BCUT2D eigenvalue weighted by atomic mass is 9.46. The minimum atomic E-state index is -0.547. The molecule has 9 atom stereocenters. The maximum Gasteiger partial charge on any atom is 0.306 e. The van der Waals surface area contributed by atoms with Crippen molar-refractivity contribution in [2.24, 2.45) is 58.2 Å². The third-order valence-electron chi connectivity index (χ3n) is 12.1. The van der Waals surface area contributed by atoms with Gasteiger partial charge in [0.15, 0.2) is 0 Å². The van der Waals surface area contributed by atoms with E-state index >= 15 is 0 Å². The predicted molar refractivity (Wildman–Crippen MR) is 147 cm³/mol. The van der Waals surface area contributed by atoms with Crippen molar-refractivity contribution in [3.8, 4) is 0 Å². The third kappa shape index (κ3) is 5.16. The summed E-state index contributed by atoms with van der Waals surface area (Å²) in [5, 5.41) is 9.96. The fourth-order valence-electron chi connectivity index (χ4n) is 10.0. The number of carboxylic acids is 1. The highest BCUT2D eigenvalue weighted by atomic mass is 16.4. The first-order valence-corrected chi connectivity index (χ1v) is 15.5. The zero-order chi connectivity index (χ0) is 25.4. The first kappa shape index (κ1) is 27.3. The van der Waals surface area contributed by atoms with Gasteiger partial charge in [0.2, 0.25) is 0 Å². The molecule has 0 heterocycles. The summed E-state index contributed by atoms with van der Waals surface area (Å²) in [6.07, 6.45) is 20.3. The Kier molecular flexibility index (Phi) is 8.49. The zero-order valence-corrected chi connectivity index (χ0v) is 24.0. The van der Waals surface area contributed by atoms with E-state index in [9.17, 15) is 9.90 Å². The summed E-state index contributed by atoms with van der Waals surface area (Å²) in [6.45, 7) is 14.8. The van der Waals surface area contributed by atoms with E-state index in [1.165, 1.54) is 57.8 Å². The van der Waals surface area contributed by atoms with E-state index in [2.05, 4.69) is 47.6 Å². The number of unbranched alkanes of at least 4 members (excludes halogenated alkanes) is 1. The number of rotatable bonds is 10. The molecule has 2 heteroatoms. The number of carboxylic acid groups (broad SMARTS) is 1. The van der Waals surface area contributed by atoms with Crippen LogP contribution in [-0.2, 0) is 4.79 Å². The third-order valence-corrected chi connectivity index (χ3v) is 12.1. The van der Waals surface area contributed by atoms with E-state index in [1.54, 1.807) is 5.57 Å². The standard InChI is InChI=1S/C33H56O2/c1-7-8-12-26(31(34)35)24-17-19-32(5)25(21-24)13-14-27-29-16-15-28(23(4)11-9-10-22(2)3)33(29,6)20-18-30(27)32/h13,22-24,26-30H,7-12,14-21H2,1-6H3,(H,34,35)/t23-,24+,26?,27+,28-,29+,30+,32+,33-/m1/s1. The predicted octanol–water partition coefficient (Wildman–Crippen LogP) is 9.54. The molecular formula is C33H56O2. The summed E-state index contributed by atoms with van der Waals surface area (Å²) < 4.78 is 0. The van der Waals surface area contributed by atoms with Crippen LogP contribution in [0.4, 0.5) is 0 Å². The number of carbonyl (C=O) groups is 1. The number of fused-ring (bicyclic) bond motifs is 5. The van der Waals surface area contributed by atoms with Crippen molar-refractivity contribution in [2.75, 3.05) is 0 Å². The Morgan fingerprint density at radius 2 is 1.77 bits per heavy atom. The zero-order valence-electron chi connectivity index (χ0n) is 24.0. The second kappa shape index (κ2) is 10.9. The van der Waals surface area contributed by atoms with Gasteiger partial charge in [0, 0.05) is 0 Å². The average molecular weight is 485 g/mol. The second-order valence-electron chi connectivity index (χ2n) is 14.4. The van der Waals surface area contributed by atoms with E-state index in [4.69, 9.17) is 0 Å². The summed E-state index contributed by atoms with van der Waals surface area (Å²) in [5.41, 5.74) is 2.53. The van der Waals surface area contributed by atoms with Gasteiger partial charge in [-0.05, 0) is 110 Å². The van der Waals surface area contributed by atoms with Crippen LogP contribution in [0.15, 0.2) is 11.6 Å². The van der Waals surface area contributed by atoms with Gasteiger partial charge >= 0.3 is 5.97 Å². The van der Waals surface area contributed by atoms with Crippen LogP contribution in [0, 0.1) is 58.2 Å². The summed E-state index contributed by atoms with van der Waals surface area (Å²) in [6, 6.07) is 0. The van der Waals surface area contributed by atoms with Gasteiger partial charge in [0.1, 0.15) is 0 Å². The molecule has 0 spiro atoms. The van der Waals surface area contributed by atoms with Gasteiger partial charge in [0.25, 0.3) is 0 Å². The Morgan fingerprint density at radius 3 is 2.46 bits per heavy atom. The Hall–Kier alpha value is -0.790. The Balaban J connectivity index is 1.46. The fraction of sp³-hybridized carbons (Fsp3) is 0.909. The largest absolute Gasteiger partial charge is 0.481 e. The SMILES string of the molecule is CCCCC(C(=O)O)[C@H]1CC[C@@]2(C)C(=CC[C@H]3[C@@H]4CC[C@H]([C@H](C)CCCC(C)C)[C@@]4(C)CC[C@@H]32)C1. The van der Waals surface area contributed by atoms with E-state index in [1.807, 2.05) is 0 Å². The topological polar surface area (TPSA) is 37.3 Å². The van der Waals surface area contributed by atoms with Gasteiger partial charge in [-0.3, -0.25) is 4.79 Å². The van der Waals surface area contributed by atoms with Crippen LogP contribution in [0.5, 0.6) is 0 Å². The van der Waals surface area contributed by atoms with Crippen LogP contribution >= 0.6 is 0 Å². The van der Waals surface area contributed by atoms with Crippen molar-refractivity contribution in [1.82, 2.24) is 0 Å². The molecule has 2 nitrogen and oxygen atoms in total. The smallest absolute Gasteiger partial charge is 0.306 e. The van der Waals surface area contributed by atoms with Gasteiger partial charge < -0.3 is 5.11 Å². The minimum absolute atomic E-state index is 0.138. The molecule has 0 aromatic rings. The van der Waals surface area contributed by atoms with E-state index in [-0.39, 0.29) is 5.92 Å². The number of hydrogen-bond acceptors (Lipinski definition) is 1. The Morgan fingerprint density at radius 1 is 1.00 bits per heavy atom. The van der Waals surface area contributed by atoms with Crippen LogP contribution in [0.1, 0.15) is 131 Å². The molecule has 0 aromatic heterocycles. The molecule has 0 amide bonds. The highest BCUT2D eigenvalue weighted by Crippen LogP contribution is 2.67. The van der Waals surface area contributed by atoms with Crippen molar-refractivity contribution in [3.63, 3.8) is 0 Å². The van der Waals surface area contributed by atoms with Gasteiger partial charge in [0.05, 0.1) is 5.92 Å². The molecule has 0 aliphatic heterocycles. The molecule has 1 unspecified atom stereocenters. The molecule has 0 radical (unpaired) electrons. The van der Waals surface area contributed by atoms with Crippen molar-refractivity contribution >= 4 is 5.97 Å². The number of aliphatic carboxylic acids is 1. The lowest BCUT2D eigenvalue weighted by Crippen LogP contribution is -2.51. The first-order chi connectivity index (χ1) is 16.6. The van der Waals surface area contributed by atoms with Crippen LogP contribution in [0.25, 0.3) is 0 Å². The molecular weight excluding hydrogens is 428 g/mol. The highest BCUT2D eigenvalue weighted by molar-refractivity contribution is 5.70. The van der Waals surface area contributed by atoms with Crippen molar-refractivity contribution in [2.45, 2.75) is 131 Å². The molecule has 0 saturated heterocycles. The summed E-state index contributed by atoms with van der Waals surface area (Å²) in [4.78, 5) is 12.1. The Labute approximate surface area is 217 Å². The van der Waals surface area contributed by atoms with Crippen LogP contribution in [0.2, 0.25) is 0 Å². The summed E-state index contributed by atoms with van der Waals surface area (Å²) in [7, 11) is 0. The summed E-state index contributed by atoms with van der Waals surface area (Å²) in [5.74, 6) is 4.89. The maximum absolute atomic E-state index is 12.1. The molecule has 4 rings (SSSR count). The fourth-order valence-corrected chi connectivity index (χ4v) is 10.0. The molecule has 4 aliphatic carbocycles. The molecule has 3 fully saturated rings. The van der Waals surface area contributed by atoms with Crippen LogP contribution in [-0.4, -0.2) is 11.1 Å². The normalized spacial score (nSPS) is 40.4. The second-order valence-corrected chi connectivity index (χ2v) is 14.4. The summed E-state index contributed by atoms with van der Waals surface area (Å²) >= 11 is 0. The number of hydrogen-bond donors (Lipinski definition) is 1. The molecule has 4 aliphatic rings. The maximum atomic E-state index is 12.1. The highest BCUT2D eigenvalue weighted by Gasteiger charge is 2.59. The van der Waals surface area contributed by atoms with Gasteiger partial charge in [-0.1, -0.05) is 85.3 Å². The van der Waals surface area contributed by atoms with Crippen molar-refractivity contribution in [3.05, 3.63) is 11.6 Å². The monoisotopic (exact) mass is 484 g/mol. The lowest BCUT2D eigenvalue weighted by molar-refractivity contribution is -0.144. The minimum Gasteiger partial charge on any atom is -0.481 e. The molecule has 3 saturated carbocycles. The van der Waals surface area contributed by atoms with Gasteiger partial charge in [-0.15, -0.1) is 0 Å². The van der Waals surface area contributed by atoms with Gasteiger partial charge in [-0.25, -0.2) is 0 Å². The average Bonchev–Trinajstić information content (AvgIpc) is 3.16. The van der Waals surface area contributed by atoms with Crippen LogP contribution in [0.3, 0.4) is 0 Å². The molecule has 0 aromatic carbocycles. The Bertz CT molecular complexity index is 767. The van der Waals surface area contributed by atoms with Crippen LogP contribution < -0.4 is 0 Å². The lowest BCUT2D eigenvalue weighted by Gasteiger charge is -2.59. The molecule has 1 N–H and O–H groups in total. The van der Waals surface area contributed by atoms with Gasteiger partial charge in [-0.2, -0.15) is 0 Å². The molecule has 35 heavy (non-hydrogen) atoms. The van der Waals surface area contributed by atoms with Crippen molar-refractivity contribution < 1.29 is 9.90 Å².